The van der Waals surface area contributed by atoms with E-state index >= 15 is 0 Å². The SMILES string of the molecule is CCCCC(CC)C(=O)OC(=O)c1ccccc1O. The van der Waals surface area contributed by atoms with Crippen LogP contribution in [-0.2, 0) is 9.53 Å². The van der Waals surface area contributed by atoms with E-state index in [0.29, 0.717) is 6.42 Å². The van der Waals surface area contributed by atoms with Gasteiger partial charge in [0.2, 0.25) is 0 Å². The number of unbranched alkanes of at least 4 members (excludes halogenated alkanes) is 1. The van der Waals surface area contributed by atoms with Crippen molar-refractivity contribution in [2.45, 2.75) is 39.5 Å². The van der Waals surface area contributed by atoms with Gasteiger partial charge in [-0.3, -0.25) is 4.79 Å². The van der Waals surface area contributed by atoms with Crippen LogP contribution >= 0.6 is 0 Å². The molecule has 1 atom stereocenters. The predicted octanol–water partition coefficient (Wildman–Crippen LogP) is 3.29. The van der Waals surface area contributed by atoms with Gasteiger partial charge in [-0.05, 0) is 25.0 Å². The number of rotatable bonds is 6. The van der Waals surface area contributed by atoms with Crippen LogP contribution < -0.4 is 0 Å². The van der Waals surface area contributed by atoms with Crippen LogP contribution in [0.5, 0.6) is 5.75 Å². The third kappa shape index (κ3) is 4.39. The average Bonchev–Trinajstić information content (AvgIpc) is 2.40. The Bertz CT molecular complexity index is 440. The summed E-state index contributed by atoms with van der Waals surface area (Å²) in [6.07, 6.45) is 3.29. The summed E-state index contributed by atoms with van der Waals surface area (Å²) in [5.74, 6) is -1.74. The molecule has 0 aliphatic rings. The second-order valence-corrected chi connectivity index (χ2v) is 4.47. The second-order valence-electron chi connectivity index (χ2n) is 4.47. The van der Waals surface area contributed by atoms with E-state index in [2.05, 4.69) is 0 Å². The van der Waals surface area contributed by atoms with Crippen LogP contribution in [0.15, 0.2) is 24.3 Å². The van der Waals surface area contributed by atoms with Crippen LogP contribution in [0.25, 0.3) is 0 Å². The van der Waals surface area contributed by atoms with Gasteiger partial charge in [-0.25, -0.2) is 4.79 Å². The molecule has 1 N–H and O–H groups in total. The lowest BCUT2D eigenvalue weighted by molar-refractivity contribution is -0.143. The van der Waals surface area contributed by atoms with E-state index < -0.39 is 11.9 Å². The smallest absolute Gasteiger partial charge is 0.349 e. The van der Waals surface area contributed by atoms with Gasteiger partial charge >= 0.3 is 11.9 Å². The largest absolute Gasteiger partial charge is 0.507 e. The number of hydrogen-bond donors (Lipinski definition) is 1. The quantitative estimate of drug-likeness (QED) is 0.632. The minimum atomic E-state index is -0.793. The van der Waals surface area contributed by atoms with E-state index in [1.165, 1.54) is 12.1 Å². The highest BCUT2D eigenvalue weighted by atomic mass is 16.6. The topological polar surface area (TPSA) is 63.6 Å². The fraction of sp³-hybridized carbons (Fsp3) is 0.467. The van der Waals surface area contributed by atoms with Crippen LogP contribution in [0.1, 0.15) is 49.9 Å². The van der Waals surface area contributed by atoms with E-state index in [9.17, 15) is 14.7 Å². The molecule has 1 rings (SSSR count). The average molecular weight is 264 g/mol. The summed E-state index contributed by atoms with van der Waals surface area (Å²) in [4.78, 5) is 23.6. The molecule has 0 amide bonds. The lowest BCUT2D eigenvalue weighted by Crippen LogP contribution is -2.21. The number of para-hydroxylation sites is 1. The van der Waals surface area contributed by atoms with Crippen molar-refractivity contribution in [2.24, 2.45) is 5.92 Å². The van der Waals surface area contributed by atoms with Gasteiger partial charge < -0.3 is 9.84 Å². The highest BCUT2D eigenvalue weighted by molar-refractivity contribution is 5.99. The Morgan fingerprint density at radius 3 is 2.53 bits per heavy atom. The Morgan fingerprint density at radius 1 is 1.26 bits per heavy atom. The zero-order valence-electron chi connectivity index (χ0n) is 11.4. The molecule has 0 aromatic heterocycles. The minimum absolute atomic E-state index is 0.0150. The van der Waals surface area contributed by atoms with Crippen molar-refractivity contribution in [3.63, 3.8) is 0 Å². The normalized spacial score (nSPS) is 11.9. The Kier molecular flexibility index (Phi) is 6.06. The lowest BCUT2D eigenvalue weighted by Gasteiger charge is -2.12. The zero-order valence-corrected chi connectivity index (χ0v) is 11.4. The first-order chi connectivity index (χ1) is 9.10. The minimum Gasteiger partial charge on any atom is -0.507 e. The molecule has 1 unspecified atom stereocenters. The molecular weight excluding hydrogens is 244 g/mol. The monoisotopic (exact) mass is 264 g/mol. The summed E-state index contributed by atoms with van der Waals surface area (Å²) in [6, 6.07) is 6.02. The summed E-state index contributed by atoms with van der Waals surface area (Å²) >= 11 is 0. The van der Waals surface area contributed by atoms with Crippen molar-refractivity contribution in [1.82, 2.24) is 0 Å². The van der Waals surface area contributed by atoms with Gasteiger partial charge in [0.05, 0.1) is 5.92 Å². The van der Waals surface area contributed by atoms with Gasteiger partial charge in [0, 0.05) is 0 Å². The Balaban J connectivity index is 2.65. The predicted molar refractivity (Wildman–Crippen MR) is 71.8 cm³/mol. The number of esters is 2. The fourth-order valence-corrected chi connectivity index (χ4v) is 1.82. The number of ether oxygens (including phenoxy) is 1. The molecule has 1 aromatic carbocycles. The molecule has 0 heterocycles. The van der Waals surface area contributed by atoms with Gasteiger partial charge in [-0.1, -0.05) is 38.8 Å². The molecule has 0 bridgehead atoms. The van der Waals surface area contributed by atoms with Gasteiger partial charge in [-0.2, -0.15) is 0 Å². The van der Waals surface area contributed by atoms with Crippen molar-refractivity contribution >= 4 is 11.9 Å². The lowest BCUT2D eigenvalue weighted by atomic mass is 10.00. The molecule has 0 radical (unpaired) electrons. The van der Waals surface area contributed by atoms with E-state index in [0.717, 1.165) is 19.3 Å². The van der Waals surface area contributed by atoms with E-state index in [1.54, 1.807) is 12.1 Å². The maximum Gasteiger partial charge on any atom is 0.349 e. The fourth-order valence-electron chi connectivity index (χ4n) is 1.82. The van der Waals surface area contributed by atoms with Gasteiger partial charge in [-0.15, -0.1) is 0 Å². The van der Waals surface area contributed by atoms with Crippen LogP contribution in [0.2, 0.25) is 0 Å². The molecule has 0 saturated carbocycles. The van der Waals surface area contributed by atoms with Crippen molar-refractivity contribution in [2.75, 3.05) is 0 Å². The van der Waals surface area contributed by atoms with E-state index in [4.69, 9.17) is 4.74 Å². The Labute approximate surface area is 113 Å². The molecule has 0 saturated heterocycles. The third-order valence-electron chi connectivity index (χ3n) is 3.05. The summed E-state index contributed by atoms with van der Waals surface area (Å²) < 4.78 is 4.83. The van der Waals surface area contributed by atoms with E-state index in [1.807, 2.05) is 13.8 Å². The Hall–Kier alpha value is -1.84. The molecule has 0 spiro atoms. The number of benzene rings is 1. The molecule has 104 valence electrons. The van der Waals surface area contributed by atoms with Crippen LogP contribution in [0.4, 0.5) is 0 Å². The van der Waals surface area contributed by atoms with Gasteiger partial charge in [0.25, 0.3) is 0 Å². The van der Waals surface area contributed by atoms with Crippen molar-refractivity contribution < 1.29 is 19.4 Å². The molecule has 0 aliphatic heterocycles. The van der Waals surface area contributed by atoms with Crippen LogP contribution in [-0.4, -0.2) is 17.0 Å². The maximum absolute atomic E-state index is 11.9. The number of carbonyl (C=O) groups excluding carboxylic acids is 2. The van der Waals surface area contributed by atoms with E-state index in [-0.39, 0.29) is 17.2 Å². The summed E-state index contributed by atoms with van der Waals surface area (Å²) in [6.45, 7) is 3.94. The van der Waals surface area contributed by atoms with Gasteiger partial charge in [0.15, 0.2) is 0 Å². The van der Waals surface area contributed by atoms with Crippen molar-refractivity contribution in [3.05, 3.63) is 29.8 Å². The summed E-state index contributed by atoms with van der Waals surface area (Å²) in [5, 5.41) is 9.52. The highest BCUT2D eigenvalue weighted by Gasteiger charge is 2.22. The molecule has 4 heteroatoms. The van der Waals surface area contributed by atoms with Crippen LogP contribution in [0, 0.1) is 5.92 Å². The van der Waals surface area contributed by atoms with Crippen LogP contribution in [0.3, 0.4) is 0 Å². The molecule has 19 heavy (non-hydrogen) atoms. The molecule has 0 fully saturated rings. The molecular formula is C15H20O4. The third-order valence-corrected chi connectivity index (χ3v) is 3.05. The summed E-state index contributed by atoms with van der Waals surface area (Å²) in [7, 11) is 0. The number of hydrogen-bond acceptors (Lipinski definition) is 4. The highest BCUT2D eigenvalue weighted by Crippen LogP contribution is 2.19. The number of phenols is 1. The number of aromatic hydroxyl groups is 1. The molecule has 1 aromatic rings. The number of carbonyl (C=O) groups is 2. The molecule has 0 aliphatic carbocycles. The number of phenolic OH excluding ortho intramolecular Hbond substituents is 1. The molecule has 4 nitrogen and oxygen atoms in total. The summed E-state index contributed by atoms with van der Waals surface area (Å²) in [5.41, 5.74) is 0.0150. The standard InChI is InChI=1S/C15H20O4/c1-3-5-8-11(4-2)14(17)19-15(18)12-9-6-7-10-13(12)16/h6-7,9-11,16H,3-5,8H2,1-2H3. The van der Waals surface area contributed by atoms with Gasteiger partial charge in [0.1, 0.15) is 11.3 Å². The first-order valence-electron chi connectivity index (χ1n) is 6.64. The Morgan fingerprint density at radius 2 is 1.95 bits per heavy atom. The first-order valence-corrected chi connectivity index (χ1v) is 6.64. The van der Waals surface area contributed by atoms with Crippen molar-refractivity contribution in [3.8, 4) is 5.75 Å². The first kappa shape index (κ1) is 15.2. The van der Waals surface area contributed by atoms with Crippen molar-refractivity contribution in [1.29, 1.82) is 0 Å². The second kappa shape index (κ2) is 7.56. The maximum atomic E-state index is 11.9. The zero-order chi connectivity index (χ0) is 14.3.